The van der Waals surface area contributed by atoms with Gasteiger partial charge in [-0.3, -0.25) is 0 Å². The molecule has 0 aromatic heterocycles. The molecule has 0 unspecified atom stereocenters. The van der Waals surface area contributed by atoms with Gasteiger partial charge in [0.15, 0.2) is 9.84 Å². The summed E-state index contributed by atoms with van der Waals surface area (Å²) >= 11 is 0. The third kappa shape index (κ3) is 6.07. The van der Waals surface area contributed by atoms with E-state index in [2.05, 4.69) is 0 Å². The first kappa shape index (κ1) is 16.0. The van der Waals surface area contributed by atoms with Gasteiger partial charge in [0.25, 0.3) is 0 Å². The van der Waals surface area contributed by atoms with Gasteiger partial charge in [-0.15, -0.1) is 0 Å². The standard InChI is InChI=1S/C12H18O5S2/c1-3-17-12-7-5-4-6-11(12)10-19(15,16)9-8-18(2,13)14/h4-7H,3,8-10H2,1-2H3. The molecule has 19 heavy (non-hydrogen) atoms. The molecule has 108 valence electrons. The lowest BCUT2D eigenvalue weighted by Gasteiger charge is -2.10. The lowest BCUT2D eigenvalue weighted by Crippen LogP contribution is -2.18. The van der Waals surface area contributed by atoms with Gasteiger partial charge in [-0.2, -0.15) is 0 Å². The van der Waals surface area contributed by atoms with Crippen LogP contribution < -0.4 is 4.74 Å². The fourth-order valence-electron chi connectivity index (χ4n) is 1.51. The van der Waals surface area contributed by atoms with Crippen LogP contribution in [0, 0.1) is 0 Å². The Bertz CT molecular complexity index is 617. The number of rotatable bonds is 7. The Hall–Kier alpha value is -1.08. The van der Waals surface area contributed by atoms with E-state index >= 15 is 0 Å². The summed E-state index contributed by atoms with van der Waals surface area (Å²) in [6.45, 7) is 2.26. The lowest BCUT2D eigenvalue weighted by molar-refractivity contribution is 0.337. The summed E-state index contributed by atoms with van der Waals surface area (Å²) in [5, 5.41) is 0. The third-order valence-electron chi connectivity index (χ3n) is 2.41. The van der Waals surface area contributed by atoms with Crippen molar-refractivity contribution < 1.29 is 21.6 Å². The van der Waals surface area contributed by atoms with E-state index in [1.54, 1.807) is 24.3 Å². The van der Waals surface area contributed by atoms with E-state index in [4.69, 9.17) is 4.74 Å². The SMILES string of the molecule is CCOc1ccccc1CS(=O)(=O)CCS(C)(=O)=O. The molecule has 7 heteroatoms. The maximum atomic E-state index is 11.9. The van der Waals surface area contributed by atoms with Crippen molar-refractivity contribution in [3.63, 3.8) is 0 Å². The predicted molar refractivity (Wildman–Crippen MR) is 74.8 cm³/mol. The summed E-state index contributed by atoms with van der Waals surface area (Å²) in [5.74, 6) is -0.412. The summed E-state index contributed by atoms with van der Waals surface area (Å²) in [6.07, 6.45) is 1.02. The van der Waals surface area contributed by atoms with E-state index < -0.39 is 19.7 Å². The van der Waals surface area contributed by atoms with Crippen LogP contribution in [0.3, 0.4) is 0 Å². The van der Waals surface area contributed by atoms with Crippen LogP contribution in [0.15, 0.2) is 24.3 Å². The van der Waals surface area contributed by atoms with Gasteiger partial charge in [0.1, 0.15) is 15.6 Å². The lowest BCUT2D eigenvalue weighted by atomic mass is 10.2. The Morgan fingerprint density at radius 1 is 1.05 bits per heavy atom. The largest absolute Gasteiger partial charge is 0.494 e. The third-order valence-corrected chi connectivity index (χ3v) is 5.19. The summed E-state index contributed by atoms with van der Waals surface area (Å²) in [7, 11) is -6.75. The molecule has 0 aliphatic rings. The molecule has 0 atom stereocenters. The molecule has 0 aliphatic heterocycles. The van der Waals surface area contributed by atoms with E-state index in [0.717, 1.165) is 6.26 Å². The average molecular weight is 306 g/mol. The molecule has 5 nitrogen and oxygen atoms in total. The Balaban J connectivity index is 2.84. The van der Waals surface area contributed by atoms with E-state index in [9.17, 15) is 16.8 Å². The van der Waals surface area contributed by atoms with Crippen molar-refractivity contribution in [1.82, 2.24) is 0 Å². The van der Waals surface area contributed by atoms with Gasteiger partial charge >= 0.3 is 0 Å². The molecule has 0 amide bonds. The highest BCUT2D eigenvalue weighted by atomic mass is 32.2. The van der Waals surface area contributed by atoms with Gasteiger partial charge in [-0.1, -0.05) is 18.2 Å². The summed E-state index contributed by atoms with van der Waals surface area (Å²) in [6, 6.07) is 6.86. The van der Waals surface area contributed by atoms with E-state index in [-0.39, 0.29) is 17.3 Å². The number of benzene rings is 1. The molecule has 0 aliphatic carbocycles. The normalized spacial score (nSPS) is 12.3. The van der Waals surface area contributed by atoms with Gasteiger partial charge < -0.3 is 4.74 Å². The Labute approximate surface area is 114 Å². The summed E-state index contributed by atoms with van der Waals surface area (Å²) in [5.41, 5.74) is 0.554. The number of para-hydroxylation sites is 1. The van der Waals surface area contributed by atoms with Crippen molar-refractivity contribution in [2.45, 2.75) is 12.7 Å². The van der Waals surface area contributed by atoms with Crippen LogP contribution in [0.2, 0.25) is 0 Å². The van der Waals surface area contributed by atoms with Crippen molar-refractivity contribution in [2.24, 2.45) is 0 Å². The molecule has 1 aromatic rings. The molecule has 0 radical (unpaired) electrons. The van der Waals surface area contributed by atoms with Crippen LogP contribution in [-0.4, -0.2) is 41.2 Å². The smallest absolute Gasteiger partial charge is 0.155 e. The maximum Gasteiger partial charge on any atom is 0.155 e. The molecule has 0 heterocycles. The van der Waals surface area contributed by atoms with Gasteiger partial charge in [0.2, 0.25) is 0 Å². The fraction of sp³-hybridized carbons (Fsp3) is 0.500. The summed E-state index contributed by atoms with van der Waals surface area (Å²) < 4.78 is 51.1. The van der Waals surface area contributed by atoms with Crippen LogP contribution in [0.4, 0.5) is 0 Å². The van der Waals surface area contributed by atoms with Crippen LogP contribution in [0.5, 0.6) is 5.75 Å². The van der Waals surface area contributed by atoms with E-state index in [1.165, 1.54) is 0 Å². The van der Waals surface area contributed by atoms with E-state index in [1.807, 2.05) is 6.92 Å². The number of sulfone groups is 2. The van der Waals surface area contributed by atoms with Crippen LogP contribution in [0.25, 0.3) is 0 Å². The molecule has 0 fully saturated rings. The molecule has 0 saturated carbocycles. The first-order chi connectivity index (χ1) is 8.73. The van der Waals surface area contributed by atoms with Crippen LogP contribution in [-0.2, 0) is 25.4 Å². The quantitative estimate of drug-likeness (QED) is 0.752. The van der Waals surface area contributed by atoms with Crippen molar-refractivity contribution in [3.8, 4) is 5.75 Å². The molecular weight excluding hydrogens is 288 g/mol. The zero-order valence-corrected chi connectivity index (χ0v) is 12.6. The first-order valence-electron chi connectivity index (χ1n) is 5.82. The minimum absolute atomic E-state index is 0.210. The Morgan fingerprint density at radius 2 is 1.68 bits per heavy atom. The monoisotopic (exact) mass is 306 g/mol. The number of hydrogen-bond acceptors (Lipinski definition) is 5. The second kappa shape index (κ2) is 6.38. The summed E-state index contributed by atoms with van der Waals surface area (Å²) in [4.78, 5) is 0. The van der Waals surface area contributed by atoms with Gasteiger partial charge in [0.05, 0.1) is 23.9 Å². The second-order valence-corrected chi connectivity index (χ2v) is 8.71. The molecule has 0 bridgehead atoms. The first-order valence-corrected chi connectivity index (χ1v) is 9.70. The predicted octanol–water partition coefficient (Wildman–Crippen LogP) is 1.04. The Kier molecular flexibility index (Phi) is 5.37. The van der Waals surface area contributed by atoms with Crippen molar-refractivity contribution >= 4 is 19.7 Å². The molecular formula is C12H18O5S2. The molecule has 0 saturated heterocycles. The molecule has 1 rings (SSSR count). The van der Waals surface area contributed by atoms with Gasteiger partial charge in [-0.25, -0.2) is 16.8 Å². The van der Waals surface area contributed by atoms with Crippen LogP contribution >= 0.6 is 0 Å². The minimum Gasteiger partial charge on any atom is -0.494 e. The second-order valence-electron chi connectivity index (χ2n) is 4.26. The van der Waals surface area contributed by atoms with Gasteiger partial charge in [0, 0.05) is 11.8 Å². The van der Waals surface area contributed by atoms with Gasteiger partial charge in [-0.05, 0) is 13.0 Å². The fourth-order valence-corrected chi connectivity index (χ4v) is 4.59. The van der Waals surface area contributed by atoms with Crippen molar-refractivity contribution in [2.75, 3.05) is 24.4 Å². The molecule has 1 aromatic carbocycles. The topological polar surface area (TPSA) is 77.5 Å². The van der Waals surface area contributed by atoms with Crippen molar-refractivity contribution in [3.05, 3.63) is 29.8 Å². The highest BCUT2D eigenvalue weighted by Gasteiger charge is 2.17. The molecule has 0 spiro atoms. The zero-order valence-electron chi connectivity index (χ0n) is 11.0. The minimum atomic E-state index is -3.47. The Morgan fingerprint density at radius 3 is 2.26 bits per heavy atom. The van der Waals surface area contributed by atoms with Crippen molar-refractivity contribution in [1.29, 1.82) is 0 Å². The average Bonchev–Trinajstić information content (AvgIpc) is 2.29. The highest BCUT2D eigenvalue weighted by molar-refractivity contribution is 7.94. The maximum absolute atomic E-state index is 11.9. The van der Waals surface area contributed by atoms with E-state index in [0.29, 0.717) is 17.9 Å². The number of hydrogen-bond donors (Lipinski definition) is 0. The zero-order chi connectivity index (χ0) is 14.5. The van der Waals surface area contributed by atoms with Crippen LogP contribution in [0.1, 0.15) is 12.5 Å². The number of ether oxygens (including phenoxy) is 1. The highest BCUT2D eigenvalue weighted by Crippen LogP contribution is 2.20. The molecule has 0 N–H and O–H groups in total.